The molecule has 0 amide bonds. The van der Waals surface area contributed by atoms with Crippen molar-refractivity contribution < 1.29 is 9.16 Å². The van der Waals surface area contributed by atoms with Crippen LogP contribution in [0.5, 0.6) is 0 Å². The topological polar surface area (TPSA) is 18.5 Å². The van der Waals surface area contributed by atoms with E-state index in [9.17, 15) is 0 Å². The molecule has 2 nitrogen and oxygen atoms in total. The zero-order valence-electron chi connectivity index (χ0n) is 7.02. The Labute approximate surface area is 64.0 Å². The summed E-state index contributed by atoms with van der Waals surface area (Å²) in [5, 5.41) is 0. The van der Waals surface area contributed by atoms with Crippen LogP contribution in [0, 0.1) is 0 Å². The monoisotopic (exact) mass is 160 g/mol. The highest BCUT2D eigenvalue weighted by atomic mass is 28.4. The summed E-state index contributed by atoms with van der Waals surface area (Å²) in [5.74, 6) is 0. The van der Waals surface area contributed by atoms with Crippen LogP contribution in [0.3, 0.4) is 0 Å². The van der Waals surface area contributed by atoms with Crippen molar-refractivity contribution in [3.8, 4) is 0 Å². The Morgan fingerprint density at radius 2 is 2.00 bits per heavy atom. The van der Waals surface area contributed by atoms with Crippen LogP contribution >= 0.6 is 0 Å². The van der Waals surface area contributed by atoms with E-state index >= 15 is 0 Å². The molecule has 0 rings (SSSR count). The van der Waals surface area contributed by atoms with Crippen molar-refractivity contribution >= 4 is 8.32 Å². The molecule has 0 N–H and O–H groups in total. The second-order valence-corrected chi connectivity index (χ2v) is 6.55. The van der Waals surface area contributed by atoms with E-state index in [1.54, 1.807) is 7.11 Å². The second kappa shape index (κ2) is 4.66. The van der Waals surface area contributed by atoms with Crippen LogP contribution in [0.15, 0.2) is 12.3 Å². The van der Waals surface area contributed by atoms with Gasteiger partial charge in [-0.3, -0.25) is 0 Å². The highest BCUT2D eigenvalue weighted by Gasteiger charge is 2.16. The Bertz CT molecular complexity index is 102. The van der Waals surface area contributed by atoms with Gasteiger partial charge in [0.1, 0.15) is 0 Å². The Kier molecular flexibility index (Phi) is 4.60. The summed E-state index contributed by atoms with van der Waals surface area (Å²) >= 11 is 0. The van der Waals surface area contributed by atoms with E-state index in [-0.39, 0.29) is 0 Å². The summed E-state index contributed by atoms with van der Waals surface area (Å²) in [6, 6.07) is 0. The van der Waals surface area contributed by atoms with Crippen molar-refractivity contribution in [1.29, 1.82) is 0 Å². The maximum absolute atomic E-state index is 5.51. The first kappa shape index (κ1) is 9.88. The Morgan fingerprint density at radius 3 is 2.40 bits per heavy atom. The fourth-order valence-corrected chi connectivity index (χ4v) is 1.17. The third-order valence-electron chi connectivity index (χ3n) is 1.25. The molecule has 10 heavy (non-hydrogen) atoms. The molecule has 0 aromatic carbocycles. The summed E-state index contributed by atoms with van der Waals surface area (Å²) in [7, 11) is 0.142. The van der Waals surface area contributed by atoms with Crippen molar-refractivity contribution in [1.82, 2.24) is 0 Å². The molecule has 0 saturated carbocycles. The standard InChI is InChI=1S/C7H16O2Si/c1-5-10(3,4)9-7-6-8-2/h5H,1,6-7H2,2-4H3. The molecule has 0 bridgehead atoms. The molecule has 0 aliphatic rings. The average molecular weight is 160 g/mol. The highest BCUT2D eigenvalue weighted by Crippen LogP contribution is 2.03. The molecule has 0 aromatic heterocycles. The minimum absolute atomic E-state index is 0.671. The van der Waals surface area contributed by atoms with Crippen LogP contribution in [-0.2, 0) is 9.16 Å². The van der Waals surface area contributed by atoms with Gasteiger partial charge in [-0.25, -0.2) is 0 Å². The molecule has 0 spiro atoms. The molecule has 0 unspecified atom stereocenters. The molecule has 0 saturated heterocycles. The van der Waals surface area contributed by atoms with Crippen molar-refractivity contribution in [3.05, 3.63) is 12.3 Å². The highest BCUT2D eigenvalue weighted by molar-refractivity contribution is 6.76. The van der Waals surface area contributed by atoms with Crippen molar-refractivity contribution in [3.63, 3.8) is 0 Å². The van der Waals surface area contributed by atoms with Gasteiger partial charge in [0.25, 0.3) is 0 Å². The molecule has 0 aliphatic carbocycles. The van der Waals surface area contributed by atoms with Crippen LogP contribution in [0.1, 0.15) is 0 Å². The lowest BCUT2D eigenvalue weighted by Crippen LogP contribution is -2.29. The zero-order chi connectivity index (χ0) is 8.04. The Balaban J connectivity index is 3.37. The van der Waals surface area contributed by atoms with Crippen molar-refractivity contribution in [2.45, 2.75) is 13.1 Å². The summed E-state index contributed by atoms with van der Waals surface area (Å²) in [6.45, 7) is 9.27. The lowest BCUT2D eigenvalue weighted by molar-refractivity contribution is 0.144. The van der Waals surface area contributed by atoms with Crippen molar-refractivity contribution in [2.75, 3.05) is 20.3 Å². The molecule has 0 atom stereocenters. The molecule has 3 heteroatoms. The maximum atomic E-state index is 5.51. The molecule has 0 radical (unpaired) electrons. The lowest BCUT2D eigenvalue weighted by atomic mass is 10.8. The average Bonchev–Trinajstić information content (AvgIpc) is 1.89. The predicted octanol–water partition coefficient (Wildman–Crippen LogP) is 1.58. The molecule has 0 fully saturated rings. The van der Waals surface area contributed by atoms with E-state index < -0.39 is 8.32 Å². The van der Waals surface area contributed by atoms with Gasteiger partial charge in [0, 0.05) is 7.11 Å². The van der Waals surface area contributed by atoms with E-state index in [4.69, 9.17) is 9.16 Å². The third-order valence-corrected chi connectivity index (χ3v) is 3.18. The summed E-state index contributed by atoms with van der Waals surface area (Å²) < 4.78 is 10.4. The normalized spacial score (nSPS) is 11.5. The van der Waals surface area contributed by atoms with Gasteiger partial charge in [-0.05, 0) is 13.1 Å². The minimum atomic E-state index is -1.53. The number of ether oxygens (including phenoxy) is 1. The largest absolute Gasteiger partial charge is 0.411 e. The number of hydrogen-bond acceptors (Lipinski definition) is 2. The quantitative estimate of drug-likeness (QED) is 0.449. The van der Waals surface area contributed by atoms with E-state index in [1.165, 1.54) is 0 Å². The van der Waals surface area contributed by atoms with Gasteiger partial charge < -0.3 is 9.16 Å². The molecular weight excluding hydrogens is 144 g/mol. The van der Waals surface area contributed by atoms with Crippen LogP contribution in [0.4, 0.5) is 0 Å². The molecule has 60 valence electrons. The van der Waals surface area contributed by atoms with Crippen molar-refractivity contribution in [2.24, 2.45) is 0 Å². The third kappa shape index (κ3) is 4.73. The van der Waals surface area contributed by atoms with Crippen LogP contribution < -0.4 is 0 Å². The first-order valence-electron chi connectivity index (χ1n) is 3.39. The van der Waals surface area contributed by atoms with Gasteiger partial charge in [-0.2, -0.15) is 0 Å². The molecule has 0 aromatic rings. The number of methoxy groups -OCH3 is 1. The Morgan fingerprint density at radius 1 is 1.40 bits per heavy atom. The first-order chi connectivity index (χ1) is 4.62. The first-order valence-corrected chi connectivity index (χ1v) is 6.37. The summed E-state index contributed by atoms with van der Waals surface area (Å²) in [6.07, 6.45) is 0. The van der Waals surface area contributed by atoms with Crippen LogP contribution in [-0.4, -0.2) is 28.6 Å². The number of rotatable bonds is 5. The molecule has 0 aliphatic heterocycles. The SMILES string of the molecule is C=C[Si](C)(C)OCCOC. The van der Waals surface area contributed by atoms with Gasteiger partial charge in [0.2, 0.25) is 8.32 Å². The van der Waals surface area contributed by atoms with E-state index in [0.717, 1.165) is 0 Å². The molecular formula is C7H16O2Si. The zero-order valence-corrected chi connectivity index (χ0v) is 8.02. The van der Waals surface area contributed by atoms with Crippen LogP contribution in [0.25, 0.3) is 0 Å². The molecule has 0 heterocycles. The number of hydrogen-bond donors (Lipinski definition) is 0. The summed E-state index contributed by atoms with van der Waals surface area (Å²) in [5.41, 5.74) is 1.92. The van der Waals surface area contributed by atoms with Crippen LogP contribution in [0.2, 0.25) is 13.1 Å². The van der Waals surface area contributed by atoms with E-state index in [0.29, 0.717) is 13.2 Å². The summed E-state index contributed by atoms with van der Waals surface area (Å²) in [4.78, 5) is 0. The van der Waals surface area contributed by atoms with E-state index in [2.05, 4.69) is 19.7 Å². The van der Waals surface area contributed by atoms with Gasteiger partial charge >= 0.3 is 0 Å². The fourth-order valence-electron chi connectivity index (χ4n) is 0.447. The Hall–Kier alpha value is -0.123. The smallest absolute Gasteiger partial charge is 0.210 e. The fraction of sp³-hybridized carbons (Fsp3) is 0.714. The minimum Gasteiger partial charge on any atom is -0.411 e. The van der Waals surface area contributed by atoms with Gasteiger partial charge in [0.15, 0.2) is 0 Å². The van der Waals surface area contributed by atoms with Gasteiger partial charge in [-0.15, -0.1) is 6.58 Å². The van der Waals surface area contributed by atoms with E-state index in [1.807, 2.05) is 5.70 Å². The second-order valence-electron chi connectivity index (χ2n) is 2.65. The van der Waals surface area contributed by atoms with Gasteiger partial charge in [0.05, 0.1) is 13.2 Å². The lowest BCUT2D eigenvalue weighted by Gasteiger charge is -2.17. The predicted molar refractivity (Wildman–Crippen MR) is 45.5 cm³/mol. The van der Waals surface area contributed by atoms with Gasteiger partial charge in [-0.1, -0.05) is 5.70 Å². The maximum Gasteiger partial charge on any atom is 0.210 e.